The molecule has 0 spiro atoms. The third kappa shape index (κ3) is 3.74. The number of carbonyl (C=O) groups is 3. The average Bonchev–Trinajstić information content (AvgIpc) is 2.91. The number of amides is 2. The highest BCUT2D eigenvalue weighted by Gasteiger charge is 2.38. The molecule has 0 N–H and O–H groups in total. The first kappa shape index (κ1) is 19.1. The van der Waals surface area contributed by atoms with Crippen LogP contribution >= 0.6 is 23.2 Å². The van der Waals surface area contributed by atoms with Gasteiger partial charge in [0.25, 0.3) is 11.8 Å². The van der Waals surface area contributed by atoms with Crippen molar-refractivity contribution in [2.24, 2.45) is 0 Å². The largest absolute Gasteiger partial charge is 0.480 e. The first-order valence-corrected chi connectivity index (χ1v) is 8.66. The Balaban J connectivity index is 1.88. The molecule has 0 bridgehead atoms. The zero-order valence-electron chi connectivity index (χ0n) is 13.7. The lowest BCUT2D eigenvalue weighted by molar-refractivity contribution is -0.145. The summed E-state index contributed by atoms with van der Waals surface area (Å²) in [5.74, 6) is -2.85. The summed E-state index contributed by atoms with van der Waals surface area (Å²) in [5.41, 5.74) is 0.0164. The van der Waals surface area contributed by atoms with E-state index in [4.69, 9.17) is 32.7 Å². The van der Waals surface area contributed by atoms with Crippen LogP contribution in [0, 0.1) is 5.82 Å². The summed E-state index contributed by atoms with van der Waals surface area (Å²) in [7, 11) is 0. The molecule has 0 fully saturated rings. The Bertz CT molecular complexity index is 899. The van der Waals surface area contributed by atoms with Crippen LogP contribution in [0.1, 0.15) is 20.7 Å². The van der Waals surface area contributed by atoms with Crippen LogP contribution in [-0.2, 0) is 9.53 Å². The van der Waals surface area contributed by atoms with Crippen molar-refractivity contribution in [3.05, 3.63) is 58.4 Å². The summed E-state index contributed by atoms with van der Waals surface area (Å²) >= 11 is 11.3. The maximum absolute atomic E-state index is 14.4. The van der Waals surface area contributed by atoms with E-state index in [1.54, 1.807) is 12.1 Å². The Morgan fingerprint density at radius 2 is 1.74 bits per heavy atom. The number of benzene rings is 2. The summed E-state index contributed by atoms with van der Waals surface area (Å²) in [6.07, 6.45) is 0. The van der Waals surface area contributed by atoms with Crippen LogP contribution in [0.4, 0.5) is 10.1 Å². The molecule has 0 atom stereocenters. The fourth-order valence-corrected chi connectivity index (χ4v) is 2.82. The second kappa shape index (κ2) is 7.94. The fraction of sp³-hybridized carbons (Fsp3) is 0.167. The van der Waals surface area contributed by atoms with Crippen molar-refractivity contribution in [2.75, 3.05) is 24.0 Å². The lowest BCUT2D eigenvalue weighted by atomic mass is 10.1. The van der Waals surface area contributed by atoms with E-state index in [1.807, 2.05) is 0 Å². The minimum absolute atomic E-state index is 0.0151. The van der Waals surface area contributed by atoms with E-state index < -0.39 is 30.2 Å². The van der Waals surface area contributed by atoms with Gasteiger partial charge in [-0.3, -0.25) is 9.59 Å². The molecule has 1 heterocycles. The maximum Gasteiger partial charge on any atom is 0.344 e. The molecule has 0 aromatic heterocycles. The number of ether oxygens (including phenoxy) is 2. The predicted molar refractivity (Wildman–Crippen MR) is 96.2 cm³/mol. The number of imide groups is 1. The second-order valence-electron chi connectivity index (χ2n) is 5.42. The highest BCUT2D eigenvalue weighted by atomic mass is 35.5. The van der Waals surface area contributed by atoms with Crippen LogP contribution in [0.3, 0.4) is 0 Å². The highest BCUT2D eigenvalue weighted by molar-refractivity contribution is 6.35. The third-order valence-electron chi connectivity index (χ3n) is 3.72. The van der Waals surface area contributed by atoms with Crippen LogP contribution < -0.4 is 9.64 Å². The van der Waals surface area contributed by atoms with E-state index >= 15 is 0 Å². The summed E-state index contributed by atoms with van der Waals surface area (Å²) in [6.45, 7) is -0.481. The maximum atomic E-state index is 14.4. The van der Waals surface area contributed by atoms with Gasteiger partial charge < -0.3 is 9.47 Å². The van der Waals surface area contributed by atoms with Gasteiger partial charge in [0.2, 0.25) is 0 Å². The fourth-order valence-electron chi connectivity index (χ4n) is 2.54. The van der Waals surface area contributed by atoms with Crippen LogP contribution in [0.2, 0.25) is 5.02 Å². The molecule has 27 heavy (non-hydrogen) atoms. The molecule has 1 aliphatic rings. The SMILES string of the molecule is O=C(COc1cc(N2C(=O)c3ccccc3C2=O)c(F)cc1Cl)OCCCl. The number of esters is 1. The monoisotopic (exact) mass is 411 g/mol. The summed E-state index contributed by atoms with van der Waals surface area (Å²) < 4.78 is 24.4. The minimum atomic E-state index is -0.883. The zero-order chi connectivity index (χ0) is 19.6. The van der Waals surface area contributed by atoms with Crippen molar-refractivity contribution < 1.29 is 28.2 Å². The number of hydrogen-bond donors (Lipinski definition) is 0. The number of fused-ring (bicyclic) bond motifs is 1. The van der Waals surface area contributed by atoms with Gasteiger partial charge in [0, 0.05) is 6.07 Å². The molecular formula is C18H12Cl2FNO5. The van der Waals surface area contributed by atoms with Crippen molar-refractivity contribution in [3.63, 3.8) is 0 Å². The smallest absolute Gasteiger partial charge is 0.344 e. The molecule has 2 amide bonds. The number of carbonyl (C=O) groups excluding carboxylic acids is 3. The first-order chi connectivity index (χ1) is 12.9. The van der Waals surface area contributed by atoms with E-state index in [0.717, 1.165) is 12.1 Å². The number of halogens is 3. The second-order valence-corrected chi connectivity index (χ2v) is 6.21. The third-order valence-corrected chi connectivity index (χ3v) is 4.17. The van der Waals surface area contributed by atoms with Crippen LogP contribution in [0.15, 0.2) is 36.4 Å². The van der Waals surface area contributed by atoms with Crippen LogP contribution in [0.5, 0.6) is 5.75 Å². The standard InChI is InChI=1S/C18H12Cl2FNO5/c19-5-6-26-16(23)9-27-15-8-14(13(21)7-12(15)20)22-17(24)10-3-1-2-4-11(10)18(22)25/h1-4,7-8H,5-6,9H2. The quantitative estimate of drug-likeness (QED) is 0.413. The Morgan fingerprint density at radius 3 is 2.33 bits per heavy atom. The van der Waals surface area contributed by atoms with E-state index in [9.17, 15) is 18.8 Å². The Morgan fingerprint density at radius 1 is 1.11 bits per heavy atom. The molecule has 2 aromatic rings. The molecule has 9 heteroatoms. The van der Waals surface area contributed by atoms with E-state index in [1.165, 1.54) is 12.1 Å². The Hall–Kier alpha value is -2.64. The molecule has 0 saturated heterocycles. The first-order valence-electron chi connectivity index (χ1n) is 7.75. The van der Waals surface area contributed by atoms with Crippen molar-refractivity contribution in [1.29, 1.82) is 0 Å². The minimum Gasteiger partial charge on any atom is -0.480 e. The average molecular weight is 412 g/mol. The topological polar surface area (TPSA) is 72.9 Å². The van der Waals surface area contributed by atoms with Gasteiger partial charge in [-0.1, -0.05) is 23.7 Å². The molecule has 3 rings (SSSR count). The summed E-state index contributed by atoms with van der Waals surface area (Å²) in [6, 6.07) is 8.16. The molecule has 0 radical (unpaired) electrons. The van der Waals surface area contributed by atoms with E-state index in [2.05, 4.69) is 0 Å². The van der Waals surface area contributed by atoms with Gasteiger partial charge >= 0.3 is 5.97 Å². The van der Waals surface area contributed by atoms with Crippen molar-refractivity contribution in [1.82, 2.24) is 0 Å². The van der Waals surface area contributed by atoms with Gasteiger partial charge in [-0.05, 0) is 18.2 Å². The molecule has 140 valence electrons. The van der Waals surface area contributed by atoms with Gasteiger partial charge in [0.15, 0.2) is 6.61 Å². The number of anilines is 1. The molecule has 0 saturated carbocycles. The number of rotatable bonds is 6. The summed E-state index contributed by atoms with van der Waals surface area (Å²) in [4.78, 5) is 37.2. The van der Waals surface area contributed by atoms with Crippen LogP contribution in [0.25, 0.3) is 0 Å². The summed E-state index contributed by atoms with van der Waals surface area (Å²) in [5, 5.41) is -0.127. The molecule has 0 unspecified atom stereocenters. The highest BCUT2D eigenvalue weighted by Crippen LogP contribution is 2.36. The predicted octanol–water partition coefficient (Wildman–Crippen LogP) is 3.44. The molecular weight excluding hydrogens is 400 g/mol. The van der Waals surface area contributed by atoms with Gasteiger partial charge in [-0.25, -0.2) is 14.1 Å². The van der Waals surface area contributed by atoms with E-state index in [-0.39, 0.29) is 40.1 Å². The zero-order valence-corrected chi connectivity index (χ0v) is 15.2. The van der Waals surface area contributed by atoms with Crippen molar-refractivity contribution in [3.8, 4) is 5.75 Å². The molecule has 1 aliphatic heterocycles. The van der Waals surface area contributed by atoms with Gasteiger partial charge in [-0.15, -0.1) is 11.6 Å². The number of nitrogens with zero attached hydrogens (tertiary/aromatic N) is 1. The van der Waals surface area contributed by atoms with Gasteiger partial charge in [0.05, 0.1) is 27.7 Å². The van der Waals surface area contributed by atoms with Crippen molar-refractivity contribution >= 4 is 46.7 Å². The lowest BCUT2D eigenvalue weighted by Crippen LogP contribution is -2.30. The van der Waals surface area contributed by atoms with Crippen molar-refractivity contribution in [2.45, 2.75) is 0 Å². The number of hydrogen-bond acceptors (Lipinski definition) is 5. The van der Waals surface area contributed by atoms with E-state index in [0.29, 0.717) is 4.90 Å². The van der Waals surface area contributed by atoms with Crippen LogP contribution in [-0.4, -0.2) is 36.9 Å². The Kier molecular flexibility index (Phi) is 5.62. The number of alkyl halides is 1. The molecule has 2 aromatic carbocycles. The van der Waals surface area contributed by atoms with Gasteiger partial charge in [-0.2, -0.15) is 0 Å². The lowest BCUT2D eigenvalue weighted by Gasteiger charge is -2.17. The normalized spacial score (nSPS) is 12.9. The Labute approximate surface area is 163 Å². The molecule has 0 aliphatic carbocycles. The van der Waals surface area contributed by atoms with Gasteiger partial charge in [0.1, 0.15) is 18.2 Å². The molecule has 6 nitrogen and oxygen atoms in total.